The van der Waals surface area contributed by atoms with Gasteiger partial charge in [0.25, 0.3) is 0 Å². The summed E-state index contributed by atoms with van der Waals surface area (Å²) in [6.45, 7) is 6.93. The Labute approximate surface area is 188 Å². The van der Waals surface area contributed by atoms with Gasteiger partial charge in [-0.3, -0.25) is 14.5 Å². The summed E-state index contributed by atoms with van der Waals surface area (Å²) in [7, 11) is 0. The van der Waals surface area contributed by atoms with E-state index in [1.54, 1.807) is 18.7 Å². The SMILES string of the molecule is CC(=O)O[C@H](C)[C@@H]1C(=O)N([C@@H](C)c2ccccc2)CN(C(=O)OCc2ccccc2)[C@H]1C. The normalized spacial score (nSPS) is 20.4. The van der Waals surface area contributed by atoms with Crippen LogP contribution in [-0.2, 0) is 25.7 Å². The maximum Gasteiger partial charge on any atom is 0.411 e. The third kappa shape index (κ3) is 5.28. The Hall–Kier alpha value is -3.35. The molecule has 0 aliphatic carbocycles. The third-order valence-corrected chi connectivity index (χ3v) is 5.93. The molecule has 0 unspecified atom stereocenters. The van der Waals surface area contributed by atoms with Crippen molar-refractivity contribution in [3.8, 4) is 0 Å². The molecule has 2 aromatic carbocycles. The van der Waals surface area contributed by atoms with E-state index in [1.807, 2.05) is 67.6 Å². The number of hydrogen-bond acceptors (Lipinski definition) is 5. The highest BCUT2D eigenvalue weighted by atomic mass is 16.6. The van der Waals surface area contributed by atoms with Crippen LogP contribution in [0.5, 0.6) is 0 Å². The first-order valence-corrected chi connectivity index (χ1v) is 10.8. The second-order valence-corrected chi connectivity index (χ2v) is 8.13. The number of ether oxygens (including phenoxy) is 2. The van der Waals surface area contributed by atoms with E-state index in [4.69, 9.17) is 9.47 Å². The molecule has 3 rings (SSSR count). The predicted molar refractivity (Wildman–Crippen MR) is 119 cm³/mol. The summed E-state index contributed by atoms with van der Waals surface area (Å²) in [5.41, 5.74) is 1.83. The average Bonchev–Trinajstić information content (AvgIpc) is 2.78. The van der Waals surface area contributed by atoms with Crippen LogP contribution in [0, 0.1) is 5.92 Å². The second-order valence-electron chi connectivity index (χ2n) is 8.13. The molecule has 1 fully saturated rings. The molecule has 2 aromatic rings. The molecular formula is C25H30N2O5. The molecule has 0 spiro atoms. The van der Waals surface area contributed by atoms with Gasteiger partial charge in [-0.2, -0.15) is 0 Å². The molecule has 7 nitrogen and oxygen atoms in total. The molecule has 0 saturated carbocycles. The molecule has 32 heavy (non-hydrogen) atoms. The lowest BCUT2D eigenvalue weighted by Gasteiger charge is -2.47. The molecule has 2 amide bonds. The van der Waals surface area contributed by atoms with Gasteiger partial charge >= 0.3 is 12.1 Å². The zero-order valence-electron chi connectivity index (χ0n) is 18.9. The van der Waals surface area contributed by atoms with E-state index in [0.717, 1.165) is 11.1 Å². The van der Waals surface area contributed by atoms with Crippen molar-refractivity contribution in [3.63, 3.8) is 0 Å². The molecule has 170 valence electrons. The van der Waals surface area contributed by atoms with Gasteiger partial charge in [-0.05, 0) is 31.9 Å². The zero-order chi connectivity index (χ0) is 23.3. The Balaban J connectivity index is 1.85. The van der Waals surface area contributed by atoms with Crippen molar-refractivity contribution in [1.29, 1.82) is 0 Å². The molecule has 1 aliphatic rings. The second kappa shape index (κ2) is 10.3. The van der Waals surface area contributed by atoms with Crippen LogP contribution in [0.25, 0.3) is 0 Å². The van der Waals surface area contributed by atoms with Gasteiger partial charge in [-0.25, -0.2) is 4.79 Å². The lowest BCUT2D eigenvalue weighted by Crippen LogP contribution is -2.62. The van der Waals surface area contributed by atoms with E-state index < -0.39 is 30.1 Å². The Bertz CT molecular complexity index is 934. The van der Waals surface area contributed by atoms with E-state index in [9.17, 15) is 14.4 Å². The lowest BCUT2D eigenvalue weighted by atomic mass is 9.89. The quantitative estimate of drug-likeness (QED) is 0.634. The lowest BCUT2D eigenvalue weighted by molar-refractivity contribution is -0.164. The maximum atomic E-state index is 13.5. The molecule has 7 heteroatoms. The molecule has 0 bridgehead atoms. The van der Waals surface area contributed by atoms with Crippen LogP contribution in [0.3, 0.4) is 0 Å². The number of hydrogen-bond donors (Lipinski definition) is 0. The van der Waals surface area contributed by atoms with Gasteiger partial charge in [0.1, 0.15) is 12.7 Å². The van der Waals surface area contributed by atoms with E-state index in [1.165, 1.54) is 11.8 Å². The zero-order valence-corrected chi connectivity index (χ0v) is 18.9. The standard InChI is InChI=1S/C25H30N2O5/c1-17(22-13-9-6-10-14-22)26-16-27(25(30)31-15-21-11-7-5-8-12-21)18(2)23(24(26)29)19(3)32-20(4)28/h5-14,17-19,23H,15-16H2,1-4H3/t17-,18-,19+,23+/m0/s1. The first-order chi connectivity index (χ1) is 15.3. The van der Waals surface area contributed by atoms with E-state index >= 15 is 0 Å². The number of carbonyl (C=O) groups excluding carboxylic acids is 3. The van der Waals surface area contributed by atoms with Crippen molar-refractivity contribution in [2.24, 2.45) is 5.92 Å². The maximum absolute atomic E-state index is 13.5. The fourth-order valence-corrected chi connectivity index (χ4v) is 4.13. The van der Waals surface area contributed by atoms with Crippen molar-refractivity contribution < 1.29 is 23.9 Å². The predicted octanol–water partition coefficient (Wildman–Crippen LogP) is 4.14. The summed E-state index contributed by atoms with van der Waals surface area (Å²) in [6, 6.07) is 18.3. The number of rotatable bonds is 6. The van der Waals surface area contributed by atoms with Crippen molar-refractivity contribution >= 4 is 18.0 Å². The molecule has 0 N–H and O–H groups in total. The summed E-state index contributed by atoms with van der Waals surface area (Å²) in [5.74, 6) is -1.33. The van der Waals surface area contributed by atoms with Crippen LogP contribution in [-0.4, -0.2) is 46.6 Å². The smallest absolute Gasteiger partial charge is 0.411 e. The van der Waals surface area contributed by atoms with Gasteiger partial charge in [0.15, 0.2) is 0 Å². The van der Waals surface area contributed by atoms with E-state index in [-0.39, 0.29) is 25.2 Å². The monoisotopic (exact) mass is 438 g/mol. The molecule has 0 radical (unpaired) electrons. The van der Waals surface area contributed by atoms with Gasteiger partial charge in [-0.1, -0.05) is 60.7 Å². The van der Waals surface area contributed by atoms with Gasteiger partial charge < -0.3 is 14.4 Å². The minimum Gasteiger partial charge on any atom is -0.462 e. The summed E-state index contributed by atoms with van der Waals surface area (Å²) in [6.07, 6.45) is -1.20. The topological polar surface area (TPSA) is 76.2 Å². The summed E-state index contributed by atoms with van der Waals surface area (Å²) in [5, 5.41) is 0. The Morgan fingerprint density at radius 3 is 2.22 bits per heavy atom. The molecule has 0 aromatic heterocycles. The van der Waals surface area contributed by atoms with Crippen molar-refractivity contribution in [2.45, 2.75) is 52.5 Å². The van der Waals surface area contributed by atoms with Crippen molar-refractivity contribution in [1.82, 2.24) is 9.80 Å². The highest BCUT2D eigenvalue weighted by molar-refractivity contribution is 5.84. The Morgan fingerprint density at radius 2 is 1.62 bits per heavy atom. The molecule has 1 heterocycles. The van der Waals surface area contributed by atoms with Crippen LogP contribution in [0.2, 0.25) is 0 Å². The molecule has 4 atom stereocenters. The summed E-state index contributed by atoms with van der Waals surface area (Å²) in [4.78, 5) is 41.3. The minimum absolute atomic E-state index is 0.0903. The van der Waals surface area contributed by atoms with Gasteiger partial charge in [-0.15, -0.1) is 0 Å². The number of esters is 1. The van der Waals surface area contributed by atoms with Crippen molar-refractivity contribution in [3.05, 3.63) is 71.8 Å². The minimum atomic E-state index is -0.705. The van der Waals surface area contributed by atoms with E-state index in [0.29, 0.717) is 0 Å². The number of amides is 2. The van der Waals surface area contributed by atoms with Gasteiger partial charge in [0.2, 0.25) is 5.91 Å². The fourth-order valence-electron chi connectivity index (χ4n) is 4.13. The number of carbonyl (C=O) groups is 3. The van der Waals surface area contributed by atoms with Crippen LogP contribution in [0.1, 0.15) is 44.9 Å². The number of nitrogens with zero attached hydrogens (tertiary/aromatic N) is 2. The fraction of sp³-hybridized carbons (Fsp3) is 0.400. The average molecular weight is 439 g/mol. The Morgan fingerprint density at radius 1 is 1.03 bits per heavy atom. The molecule has 1 saturated heterocycles. The molecule has 1 aliphatic heterocycles. The third-order valence-electron chi connectivity index (χ3n) is 5.93. The first kappa shape index (κ1) is 23.3. The molecular weight excluding hydrogens is 408 g/mol. The van der Waals surface area contributed by atoms with Crippen LogP contribution < -0.4 is 0 Å². The summed E-state index contributed by atoms with van der Waals surface area (Å²) >= 11 is 0. The van der Waals surface area contributed by atoms with E-state index in [2.05, 4.69) is 0 Å². The van der Waals surface area contributed by atoms with Gasteiger partial charge in [0.05, 0.1) is 18.6 Å². The largest absolute Gasteiger partial charge is 0.462 e. The van der Waals surface area contributed by atoms with Gasteiger partial charge in [0, 0.05) is 13.0 Å². The number of benzene rings is 2. The highest BCUT2D eigenvalue weighted by Crippen LogP contribution is 2.32. The Kier molecular flexibility index (Phi) is 7.51. The van der Waals surface area contributed by atoms with Crippen LogP contribution in [0.15, 0.2) is 60.7 Å². The van der Waals surface area contributed by atoms with Crippen LogP contribution in [0.4, 0.5) is 4.79 Å². The van der Waals surface area contributed by atoms with Crippen LogP contribution >= 0.6 is 0 Å². The summed E-state index contributed by atoms with van der Waals surface area (Å²) < 4.78 is 10.9. The first-order valence-electron chi connectivity index (χ1n) is 10.8. The highest BCUT2D eigenvalue weighted by Gasteiger charge is 2.46. The van der Waals surface area contributed by atoms with Crippen molar-refractivity contribution in [2.75, 3.05) is 6.67 Å².